The lowest BCUT2D eigenvalue weighted by Crippen LogP contribution is -2.26. The molecule has 1 fully saturated rings. The summed E-state index contributed by atoms with van der Waals surface area (Å²) in [5.41, 5.74) is 1.53. The van der Waals surface area contributed by atoms with Gasteiger partial charge in [-0.2, -0.15) is 5.26 Å². The molecular weight excluding hydrogens is 400 g/mol. The standard InChI is InChI=1S/C21H18N6O2S/c22-10-13-11-23-27-18(28)9-14(24-19(13)27)12-30-21-25-17-8-4-3-7-16(17)20(29)26(21)15-5-1-2-6-15/h3-4,7-9,11,15,23H,1-2,5-6,12H2. The average Bonchev–Trinajstić information content (AvgIpc) is 3.42. The number of aromatic nitrogens is 5. The van der Waals surface area contributed by atoms with Gasteiger partial charge in [0.2, 0.25) is 0 Å². The second kappa shape index (κ2) is 7.46. The Morgan fingerprint density at radius 3 is 2.80 bits per heavy atom. The molecule has 1 saturated carbocycles. The monoisotopic (exact) mass is 418 g/mol. The van der Waals surface area contributed by atoms with Crippen molar-refractivity contribution in [2.75, 3.05) is 0 Å². The Balaban J connectivity index is 1.56. The Morgan fingerprint density at radius 2 is 2.00 bits per heavy atom. The molecule has 1 aromatic carbocycles. The van der Waals surface area contributed by atoms with Crippen LogP contribution in [0.5, 0.6) is 0 Å². The number of nitrogens with zero attached hydrogens (tertiary/aromatic N) is 5. The van der Waals surface area contributed by atoms with Gasteiger partial charge in [0.05, 0.1) is 16.6 Å². The van der Waals surface area contributed by atoms with Crippen LogP contribution in [0.4, 0.5) is 0 Å². The molecule has 9 heteroatoms. The van der Waals surface area contributed by atoms with E-state index in [2.05, 4.69) is 10.1 Å². The quantitative estimate of drug-likeness (QED) is 0.403. The molecule has 5 rings (SSSR count). The summed E-state index contributed by atoms with van der Waals surface area (Å²) in [4.78, 5) is 34.8. The highest BCUT2D eigenvalue weighted by atomic mass is 32.2. The van der Waals surface area contributed by atoms with Gasteiger partial charge in [0.15, 0.2) is 10.8 Å². The Labute approximate surface area is 175 Å². The number of para-hydroxylation sites is 1. The fourth-order valence-corrected chi connectivity index (χ4v) is 4.99. The Bertz CT molecular complexity index is 1420. The van der Waals surface area contributed by atoms with Crippen molar-refractivity contribution in [3.63, 3.8) is 0 Å². The largest absolute Gasteiger partial charge is 0.295 e. The van der Waals surface area contributed by atoms with E-state index in [0.717, 1.165) is 25.7 Å². The minimum Gasteiger partial charge on any atom is -0.295 e. The highest BCUT2D eigenvalue weighted by molar-refractivity contribution is 7.98. The van der Waals surface area contributed by atoms with Crippen LogP contribution in [0.25, 0.3) is 16.6 Å². The van der Waals surface area contributed by atoms with Crippen molar-refractivity contribution in [3.8, 4) is 6.07 Å². The summed E-state index contributed by atoms with van der Waals surface area (Å²) in [5, 5.41) is 13.2. The van der Waals surface area contributed by atoms with Crippen molar-refractivity contribution in [3.05, 3.63) is 68.5 Å². The van der Waals surface area contributed by atoms with Crippen molar-refractivity contribution in [1.82, 2.24) is 24.1 Å². The van der Waals surface area contributed by atoms with E-state index in [1.165, 1.54) is 28.5 Å². The molecule has 1 aliphatic rings. The van der Waals surface area contributed by atoms with Crippen LogP contribution in [0.15, 0.2) is 51.3 Å². The molecule has 0 atom stereocenters. The molecule has 150 valence electrons. The van der Waals surface area contributed by atoms with E-state index >= 15 is 0 Å². The van der Waals surface area contributed by atoms with Crippen LogP contribution in [0, 0.1) is 11.3 Å². The lowest BCUT2D eigenvalue weighted by Gasteiger charge is -2.18. The molecule has 4 aromatic rings. The number of rotatable bonds is 4. The molecule has 3 heterocycles. The maximum absolute atomic E-state index is 13.2. The number of hydrogen-bond donors (Lipinski definition) is 1. The predicted molar refractivity (Wildman–Crippen MR) is 114 cm³/mol. The highest BCUT2D eigenvalue weighted by Gasteiger charge is 2.23. The Hall–Kier alpha value is -3.38. The van der Waals surface area contributed by atoms with Crippen LogP contribution in [-0.4, -0.2) is 24.1 Å². The van der Waals surface area contributed by atoms with Crippen molar-refractivity contribution in [2.24, 2.45) is 0 Å². The number of benzene rings is 1. The third kappa shape index (κ3) is 3.09. The van der Waals surface area contributed by atoms with Gasteiger partial charge in [0.25, 0.3) is 11.1 Å². The number of H-pyrrole nitrogens is 1. The molecule has 30 heavy (non-hydrogen) atoms. The van der Waals surface area contributed by atoms with Crippen molar-refractivity contribution in [1.29, 1.82) is 5.26 Å². The van der Waals surface area contributed by atoms with E-state index in [0.29, 0.717) is 38.7 Å². The van der Waals surface area contributed by atoms with E-state index in [1.54, 1.807) is 0 Å². The van der Waals surface area contributed by atoms with Crippen molar-refractivity contribution < 1.29 is 0 Å². The Kier molecular flexibility index (Phi) is 4.64. The summed E-state index contributed by atoms with van der Waals surface area (Å²) in [6.45, 7) is 0. The van der Waals surface area contributed by atoms with Gasteiger partial charge in [0.1, 0.15) is 11.6 Å². The van der Waals surface area contributed by atoms with Crippen LogP contribution >= 0.6 is 11.8 Å². The molecule has 1 N–H and O–H groups in total. The summed E-state index contributed by atoms with van der Waals surface area (Å²) in [6, 6.07) is 11.0. The first kappa shape index (κ1) is 18.6. The van der Waals surface area contributed by atoms with E-state index < -0.39 is 0 Å². The normalized spacial score (nSPS) is 14.5. The summed E-state index contributed by atoms with van der Waals surface area (Å²) in [5.74, 6) is 0.374. The summed E-state index contributed by atoms with van der Waals surface area (Å²) in [6.07, 6.45) is 5.60. The van der Waals surface area contributed by atoms with E-state index in [9.17, 15) is 14.9 Å². The van der Waals surface area contributed by atoms with Crippen LogP contribution in [0.2, 0.25) is 0 Å². The van der Waals surface area contributed by atoms with Gasteiger partial charge in [-0.05, 0) is 25.0 Å². The van der Waals surface area contributed by atoms with E-state index in [4.69, 9.17) is 4.98 Å². The molecule has 0 amide bonds. The lowest BCUT2D eigenvalue weighted by atomic mass is 10.2. The fraction of sp³-hybridized carbons (Fsp3) is 0.286. The van der Waals surface area contributed by atoms with Crippen LogP contribution < -0.4 is 11.1 Å². The topological polar surface area (TPSA) is 109 Å². The zero-order valence-corrected chi connectivity index (χ0v) is 16.9. The zero-order valence-electron chi connectivity index (χ0n) is 16.0. The minimum absolute atomic E-state index is 0.0177. The maximum atomic E-state index is 13.2. The SMILES string of the molecule is N#Cc1c[nH]n2c(=O)cc(CSc3nc4ccccc4c(=O)n3C3CCCC3)nc12. The van der Waals surface area contributed by atoms with Crippen LogP contribution in [0.1, 0.15) is 43.0 Å². The van der Waals surface area contributed by atoms with Gasteiger partial charge in [-0.3, -0.25) is 19.3 Å². The molecule has 0 aliphatic heterocycles. The van der Waals surface area contributed by atoms with Crippen LogP contribution in [-0.2, 0) is 5.75 Å². The number of nitriles is 1. The van der Waals surface area contributed by atoms with Gasteiger partial charge < -0.3 is 0 Å². The number of nitrogens with one attached hydrogen (secondary N) is 1. The molecule has 0 unspecified atom stereocenters. The summed E-state index contributed by atoms with van der Waals surface area (Å²) in [7, 11) is 0. The second-order valence-corrected chi connectivity index (χ2v) is 8.30. The third-order valence-corrected chi connectivity index (χ3v) is 6.47. The summed E-state index contributed by atoms with van der Waals surface area (Å²) < 4.78 is 3.07. The first-order chi connectivity index (χ1) is 14.7. The molecule has 8 nitrogen and oxygen atoms in total. The van der Waals surface area contributed by atoms with Crippen molar-refractivity contribution >= 4 is 28.3 Å². The highest BCUT2D eigenvalue weighted by Crippen LogP contribution is 2.32. The number of thioether (sulfide) groups is 1. The Morgan fingerprint density at radius 1 is 1.20 bits per heavy atom. The van der Waals surface area contributed by atoms with Gasteiger partial charge in [0, 0.05) is 24.1 Å². The minimum atomic E-state index is -0.281. The average molecular weight is 418 g/mol. The van der Waals surface area contributed by atoms with Crippen LogP contribution in [0.3, 0.4) is 0 Å². The molecule has 0 spiro atoms. The second-order valence-electron chi connectivity index (χ2n) is 7.36. The number of hydrogen-bond acceptors (Lipinski definition) is 6. The predicted octanol–water partition coefficient (Wildman–Crippen LogP) is 3.01. The first-order valence-corrected chi connectivity index (χ1v) is 10.8. The van der Waals surface area contributed by atoms with Gasteiger partial charge in [-0.25, -0.2) is 14.5 Å². The molecule has 0 radical (unpaired) electrons. The van der Waals surface area contributed by atoms with Gasteiger partial charge in [-0.15, -0.1) is 0 Å². The van der Waals surface area contributed by atoms with Gasteiger partial charge in [-0.1, -0.05) is 36.7 Å². The molecule has 1 aliphatic carbocycles. The molecular formula is C21H18N6O2S. The maximum Gasteiger partial charge on any atom is 0.272 e. The number of fused-ring (bicyclic) bond motifs is 2. The fourth-order valence-electron chi connectivity index (χ4n) is 4.04. The smallest absolute Gasteiger partial charge is 0.272 e. The molecule has 3 aromatic heterocycles. The summed E-state index contributed by atoms with van der Waals surface area (Å²) >= 11 is 1.40. The number of aromatic amines is 1. The molecule has 0 saturated heterocycles. The third-order valence-electron chi connectivity index (χ3n) is 5.49. The zero-order chi connectivity index (χ0) is 20.7. The van der Waals surface area contributed by atoms with Gasteiger partial charge >= 0.3 is 0 Å². The van der Waals surface area contributed by atoms with E-state index in [-0.39, 0.29) is 17.2 Å². The first-order valence-electron chi connectivity index (χ1n) is 9.80. The lowest BCUT2D eigenvalue weighted by molar-refractivity contribution is 0.457. The van der Waals surface area contributed by atoms with E-state index in [1.807, 2.05) is 34.9 Å². The molecule has 0 bridgehead atoms. The van der Waals surface area contributed by atoms with Crippen molar-refractivity contribution in [2.45, 2.75) is 42.6 Å².